The van der Waals surface area contributed by atoms with Crippen molar-refractivity contribution in [2.45, 2.75) is 20.8 Å². The quantitative estimate of drug-likeness (QED) is 0.676. The first-order valence-corrected chi connectivity index (χ1v) is 6.43. The lowest BCUT2D eigenvalue weighted by atomic mass is 9.99. The first kappa shape index (κ1) is 12.4. The zero-order valence-corrected chi connectivity index (χ0v) is 11.7. The van der Waals surface area contributed by atoms with Crippen LogP contribution in [0.2, 0.25) is 0 Å². The van der Waals surface area contributed by atoms with Gasteiger partial charge in [-0.05, 0) is 44.0 Å². The van der Waals surface area contributed by atoms with Gasteiger partial charge in [0, 0.05) is 11.8 Å². The van der Waals surface area contributed by atoms with E-state index in [-0.39, 0.29) is 0 Å². The SMILES string of the molecule is Cc1cc(C)c(-c2nnc3ccc(C#N)cn23)c(C)c1. The van der Waals surface area contributed by atoms with Crippen LogP contribution >= 0.6 is 0 Å². The molecule has 1 aromatic carbocycles. The number of hydrogen-bond donors (Lipinski definition) is 0. The van der Waals surface area contributed by atoms with Gasteiger partial charge in [0.15, 0.2) is 11.5 Å². The fourth-order valence-corrected chi connectivity index (χ4v) is 2.66. The fourth-order valence-electron chi connectivity index (χ4n) is 2.66. The van der Waals surface area contributed by atoms with Crippen molar-refractivity contribution in [3.8, 4) is 17.5 Å². The summed E-state index contributed by atoms with van der Waals surface area (Å²) >= 11 is 0. The maximum atomic E-state index is 9.04. The number of hydrogen-bond acceptors (Lipinski definition) is 3. The summed E-state index contributed by atoms with van der Waals surface area (Å²) in [5.74, 6) is 0.784. The largest absolute Gasteiger partial charge is 0.281 e. The number of aromatic nitrogens is 3. The number of rotatable bonds is 1. The van der Waals surface area contributed by atoms with E-state index in [1.807, 2.05) is 10.5 Å². The normalized spacial score (nSPS) is 10.7. The number of nitriles is 1. The van der Waals surface area contributed by atoms with Crippen LogP contribution in [-0.2, 0) is 0 Å². The molecule has 0 fully saturated rings. The van der Waals surface area contributed by atoms with Crippen LogP contribution in [-0.4, -0.2) is 14.6 Å². The van der Waals surface area contributed by atoms with Crippen molar-refractivity contribution in [2.75, 3.05) is 0 Å². The molecule has 0 radical (unpaired) electrons. The number of benzene rings is 1. The van der Waals surface area contributed by atoms with Gasteiger partial charge >= 0.3 is 0 Å². The van der Waals surface area contributed by atoms with Crippen molar-refractivity contribution >= 4 is 5.65 Å². The second-order valence-corrected chi connectivity index (χ2v) is 5.06. The van der Waals surface area contributed by atoms with Gasteiger partial charge < -0.3 is 0 Å². The smallest absolute Gasteiger partial charge is 0.168 e. The topological polar surface area (TPSA) is 54.0 Å². The van der Waals surface area contributed by atoms with E-state index in [2.05, 4.69) is 49.2 Å². The van der Waals surface area contributed by atoms with Crippen molar-refractivity contribution in [1.29, 1.82) is 5.26 Å². The Morgan fingerprint density at radius 2 is 1.75 bits per heavy atom. The molecule has 0 N–H and O–H groups in total. The lowest BCUT2D eigenvalue weighted by Crippen LogP contribution is -1.96. The molecule has 2 aromatic heterocycles. The molecule has 0 saturated heterocycles. The van der Waals surface area contributed by atoms with Gasteiger partial charge in [-0.25, -0.2) is 0 Å². The zero-order valence-electron chi connectivity index (χ0n) is 11.7. The molecular formula is C16H14N4. The van der Waals surface area contributed by atoms with Crippen LogP contribution in [0.5, 0.6) is 0 Å². The Morgan fingerprint density at radius 3 is 2.40 bits per heavy atom. The van der Waals surface area contributed by atoms with Crippen LogP contribution in [0.25, 0.3) is 17.0 Å². The first-order chi connectivity index (χ1) is 9.60. The van der Waals surface area contributed by atoms with Gasteiger partial charge in [-0.1, -0.05) is 17.7 Å². The molecule has 0 aliphatic rings. The number of pyridine rings is 1. The van der Waals surface area contributed by atoms with Gasteiger partial charge in [0.05, 0.1) is 5.56 Å². The Morgan fingerprint density at radius 1 is 1.05 bits per heavy atom. The minimum Gasteiger partial charge on any atom is -0.281 e. The summed E-state index contributed by atoms with van der Waals surface area (Å²) < 4.78 is 1.88. The van der Waals surface area contributed by atoms with Crippen molar-refractivity contribution in [3.63, 3.8) is 0 Å². The van der Waals surface area contributed by atoms with Gasteiger partial charge in [0.25, 0.3) is 0 Å². The van der Waals surface area contributed by atoms with Crippen LogP contribution in [0.3, 0.4) is 0 Å². The van der Waals surface area contributed by atoms with Crippen molar-refractivity contribution in [1.82, 2.24) is 14.6 Å². The van der Waals surface area contributed by atoms with Gasteiger partial charge in [0.2, 0.25) is 0 Å². The lowest BCUT2D eigenvalue weighted by molar-refractivity contribution is 1.10. The molecule has 0 unspecified atom stereocenters. The summed E-state index contributed by atoms with van der Waals surface area (Å²) in [6.45, 7) is 6.23. The van der Waals surface area contributed by atoms with E-state index in [9.17, 15) is 0 Å². The molecule has 3 rings (SSSR count). The van der Waals surface area contributed by atoms with E-state index < -0.39 is 0 Å². The predicted octanol–water partition coefficient (Wildman–Crippen LogP) is 3.19. The molecule has 0 amide bonds. The Labute approximate surface area is 117 Å². The zero-order chi connectivity index (χ0) is 14.3. The molecule has 0 saturated carbocycles. The fraction of sp³-hybridized carbons (Fsp3) is 0.188. The number of nitrogens with zero attached hydrogens (tertiary/aromatic N) is 4. The number of fused-ring (bicyclic) bond motifs is 1. The molecule has 98 valence electrons. The molecule has 2 heterocycles. The average molecular weight is 262 g/mol. The summed E-state index contributed by atoms with van der Waals surface area (Å²) in [5.41, 5.74) is 5.99. The Hall–Kier alpha value is -2.67. The van der Waals surface area contributed by atoms with E-state index >= 15 is 0 Å². The van der Waals surface area contributed by atoms with Crippen molar-refractivity contribution in [2.24, 2.45) is 0 Å². The molecule has 0 bridgehead atoms. The second-order valence-electron chi connectivity index (χ2n) is 5.06. The minimum atomic E-state index is 0.598. The average Bonchev–Trinajstić information content (AvgIpc) is 2.80. The monoisotopic (exact) mass is 262 g/mol. The van der Waals surface area contributed by atoms with Crippen LogP contribution in [0.1, 0.15) is 22.3 Å². The Bertz CT molecular complexity index is 830. The molecular weight excluding hydrogens is 248 g/mol. The van der Waals surface area contributed by atoms with Crippen molar-refractivity contribution in [3.05, 3.63) is 52.7 Å². The highest BCUT2D eigenvalue weighted by molar-refractivity contribution is 5.68. The summed E-state index contributed by atoms with van der Waals surface area (Å²) in [7, 11) is 0. The van der Waals surface area contributed by atoms with E-state index in [0.29, 0.717) is 5.56 Å². The Kier molecular flexibility index (Phi) is 2.76. The minimum absolute atomic E-state index is 0.598. The molecule has 4 heteroatoms. The maximum absolute atomic E-state index is 9.04. The number of aryl methyl sites for hydroxylation is 3. The Balaban J connectivity index is 2.33. The van der Waals surface area contributed by atoms with E-state index in [4.69, 9.17) is 5.26 Å². The maximum Gasteiger partial charge on any atom is 0.168 e. The summed E-state index contributed by atoms with van der Waals surface area (Å²) in [6.07, 6.45) is 1.78. The van der Waals surface area contributed by atoms with Crippen LogP contribution in [0.15, 0.2) is 30.5 Å². The van der Waals surface area contributed by atoms with Gasteiger partial charge in [-0.2, -0.15) is 5.26 Å². The third-order valence-corrected chi connectivity index (χ3v) is 3.43. The molecule has 20 heavy (non-hydrogen) atoms. The molecule has 3 aromatic rings. The summed E-state index contributed by atoms with van der Waals surface area (Å²) in [6, 6.07) is 9.99. The summed E-state index contributed by atoms with van der Waals surface area (Å²) in [5, 5.41) is 17.5. The van der Waals surface area contributed by atoms with E-state index in [0.717, 1.165) is 17.0 Å². The van der Waals surface area contributed by atoms with Crippen LogP contribution in [0.4, 0.5) is 0 Å². The molecule has 4 nitrogen and oxygen atoms in total. The highest BCUT2D eigenvalue weighted by Gasteiger charge is 2.13. The standard InChI is InChI=1S/C16H14N4/c1-10-6-11(2)15(12(3)7-10)16-19-18-14-5-4-13(8-17)9-20(14)16/h4-7,9H,1-3H3. The molecule has 0 spiro atoms. The van der Waals surface area contributed by atoms with Crippen molar-refractivity contribution < 1.29 is 0 Å². The highest BCUT2D eigenvalue weighted by Crippen LogP contribution is 2.27. The van der Waals surface area contributed by atoms with E-state index in [1.165, 1.54) is 16.7 Å². The van der Waals surface area contributed by atoms with E-state index in [1.54, 1.807) is 12.3 Å². The second kappa shape index (κ2) is 4.46. The third kappa shape index (κ3) is 1.84. The molecule has 0 aliphatic carbocycles. The third-order valence-electron chi connectivity index (χ3n) is 3.43. The summed E-state index contributed by atoms with van der Waals surface area (Å²) in [4.78, 5) is 0. The molecule has 0 atom stereocenters. The highest BCUT2D eigenvalue weighted by atomic mass is 15.2. The van der Waals surface area contributed by atoms with Gasteiger partial charge in [0.1, 0.15) is 6.07 Å². The molecule has 0 aliphatic heterocycles. The first-order valence-electron chi connectivity index (χ1n) is 6.43. The predicted molar refractivity (Wildman–Crippen MR) is 77.3 cm³/mol. The van der Waals surface area contributed by atoms with Crippen LogP contribution in [0, 0.1) is 32.1 Å². The van der Waals surface area contributed by atoms with Gasteiger partial charge in [-0.15, -0.1) is 10.2 Å². The van der Waals surface area contributed by atoms with Crippen LogP contribution < -0.4 is 0 Å². The lowest BCUT2D eigenvalue weighted by Gasteiger charge is -2.09. The van der Waals surface area contributed by atoms with Gasteiger partial charge in [-0.3, -0.25) is 4.40 Å².